The Morgan fingerprint density at radius 1 is 0.622 bits per heavy atom. The molecule has 2 unspecified atom stereocenters. The van der Waals surface area contributed by atoms with Crippen LogP contribution in [0.2, 0.25) is 0 Å². The maximum Gasteiger partial charge on any atom is -1.00 e. The number of allylic oxidation sites excluding steroid dienone is 2. The van der Waals surface area contributed by atoms with E-state index >= 15 is 0 Å². The van der Waals surface area contributed by atoms with Crippen LogP contribution in [0.5, 0.6) is 0 Å². The fourth-order valence-corrected chi connectivity index (χ4v) is 9.35. The van der Waals surface area contributed by atoms with Crippen LogP contribution < -0.4 is 34.6 Å². The first-order valence-corrected chi connectivity index (χ1v) is 16.4. The number of nitrogens with zero attached hydrogens (tertiary/aromatic N) is 2. The van der Waals surface area contributed by atoms with Crippen LogP contribution in [0.4, 0.5) is 11.4 Å². The number of hydrogen-bond donors (Lipinski definition) is 0. The minimum atomic E-state index is -0.737. The van der Waals surface area contributed by atoms with Gasteiger partial charge in [0.1, 0.15) is 0 Å². The van der Waals surface area contributed by atoms with E-state index in [1.807, 2.05) is 0 Å². The van der Waals surface area contributed by atoms with Crippen LogP contribution in [-0.4, -0.2) is 26.2 Å². The third kappa shape index (κ3) is 8.35. The van der Waals surface area contributed by atoms with E-state index in [-0.39, 0.29) is 24.8 Å². The third-order valence-electron chi connectivity index (χ3n) is 6.81. The smallest absolute Gasteiger partial charge is 1.00 e. The predicted octanol–water partition coefficient (Wildman–Crippen LogP) is 2.67. The standard InChI is InChI=1S/2C15H20N.C2H4.2ClH.Zr/c2*1-3-10-16(11-4-2)15-9-8-13-6-5-7-14(13)12-15;1-2;;;/h2*5-9,12H,3-4,10-11H2,1-2H3;1-2H2;2*1H;/q;;;;;+2/p-2. The molecule has 2 aromatic rings. The number of anilines is 2. The second-order valence-electron chi connectivity index (χ2n) is 9.44. The van der Waals surface area contributed by atoms with E-state index in [1.165, 1.54) is 48.2 Å². The summed E-state index contributed by atoms with van der Waals surface area (Å²) in [4.78, 5) is 5.15. The van der Waals surface area contributed by atoms with Crippen LogP contribution in [0.15, 0.2) is 61.7 Å². The molecule has 2 aromatic carbocycles. The Morgan fingerprint density at radius 2 is 0.973 bits per heavy atom. The second kappa shape index (κ2) is 17.3. The first kappa shape index (κ1) is 33.8. The molecule has 0 fully saturated rings. The van der Waals surface area contributed by atoms with Crippen molar-refractivity contribution in [2.24, 2.45) is 0 Å². The van der Waals surface area contributed by atoms with Crippen LogP contribution in [0.3, 0.4) is 0 Å². The first-order chi connectivity index (χ1) is 17.2. The number of hydrogen-bond acceptors (Lipinski definition) is 2. The molecule has 2 aliphatic rings. The summed E-state index contributed by atoms with van der Waals surface area (Å²) in [5.41, 5.74) is 8.92. The maximum absolute atomic E-state index is 3.00. The average molecular weight is 619 g/mol. The largest absolute Gasteiger partial charge is 1.00 e. The monoisotopic (exact) mass is 616 g/mol. The van der Waals surface area contributed by atoms with Gasteiger partial charge in [-0.05, 0) is 0 Å². The number of benzene rings is 2. The Hall–Kier alpha value is -1.28. The van der Waals surface area contributed by atoms with Gasteiger partial charge >= 0.3 is 214 Å². The van der Waals surface area contributed by atoms with Crippen molar-refractivity contribution < 1.29 is 48.0 Å². The van der Waals surface area contributed by atoms with Crippen molar-refractivity contribution in [3.63, 3.8) is 0 Å². The van der Waals surface area contributed by atoms with Crippen molar-refractivity contribution >= 4 is 23.5 Å². The van der Waals surface area contributed by atoms with Crippen molar-refractivity contribution in [2.45, 2.75) is 60.6 Å². The van der Waals surface area contributed by atoms with Crippen LogP contribution >= 0.6 is 0 Å². The van der Waals surface area contributed by atoms with Crippen LogP contribution in [0.1, 0.15) is 82.9 Å². The summed E-state index contributed by atoms with van der Waals surface area (Å²) in [6.07, 6.45) is 14.6. The van der Waals surface area contributed by atoms with Gasteiger partial charge < -0.3 is 24.8 Å². The molecule has 4 rings (SSSR count). The molecular formula is C32H44Cl2N2Zr. The Balaban J connectivity index is 0.00000167. The normalized spacial score (nSPS) is 15.9. The van der Waals surface area contributed by atoms with Gasteiger partial charge in [0.15, 0.2) is 0 Å². The summed E-state index contributed by atoms with van der Waals surface area (Å²) in [6, 6.07) is 14.5. The van der Waals surface area contributed by atoms with Gasteiger partial charge in [-0.3, -0.25) is 0 Å². The second-order valence-corrected chi connectivity index (χ2v) is 13.3. The van der Waals surface area contributed by atoms with Crippen LogP contribution in [-0.2, 0) is 23.2 Å². The molecule has 2 aliphatic carbocycles. The van der Waals surface area contributed by atoms with E-state index in [9.17, 15) is 0 Å². The fourth-order valence-electron chi connectivity index (χ4n) is 5.27. The molecule has 200 valence electrons. The SMILES string of the molecule is C=C.CCCN(CCC)c1ccc2c(c1)[CH]([Zr+2][CH]1C=Cc3ccc(N(CCC)CCC)cc31)C=C2.[Cl-].[Cl-]. The summed E-state index contributed by atoms with van der Waals surface area (Å²) in [5.74, 6) is 0. The summed E-state index contributed by atoms with van der Waals surface area (Å²) >= 11 is -0.737. The molecule has 0 aliphatic heterocycles. The van der Waals surface area contributed by atoms with E-state index in [0.717, 1.165) is 26.2 Å². The van der Waals surface area contributed by atoms with Crippen molar-refractivity contribution in [1.82, 2.24) is 0 Å². The summed E-state index contributed by atoms with van der Waals surface area (Å²) in [5, 5.41) is 0. The molecule has 5 heteroatoms. The molecule has 0 N–H and O–H groups in total. The van der Waals surface area contributed by atoms with E-state index in [2.05, 4.69) is 111 Å². The van der Waals surface area contributed by atoms with Crippen LogP contribution in [0, 0.1) is 0 Å². The quantitative estimate of drug-likeness (QED) is 0.338. The molecule has 0 bridgehead atoms. The average Bonchev–Trinajstić information content (AvgIpc) is 3.48. The van der Waals surface area contributed by atoms with E-state index in [1.54, 1.807) is 11.1 Å². The van der Waals surface area contributed by atoms with Crippen molar-refractivity contribution in [1.29, 1.82) is 0 Å². The first-order valence-electron chi connectivity index (χ1n) is 13.6. The zero-order valence-electron chi connectivity index (χ0n) is 23.1. The molecule has 37 heavy (non-hydrogen) atoms. The Morgan fingerprint density at radius 3 is 1.30 bits per heavy atom. The van der Waals surface area contributed by atoms with E-state index in [0.29, 0.717) is 7.25 Å². The Bertz CT molecular complexity index is 928. The Kier molecular flexibility index (Phi) is 15.8. The number of fused-ring (bicyclic) bond motifs is 2. The topological polar surface area (TPSA) is 6.48 Å². The summed E-state index contributed by atoms with van der Waals surface area (Å²) < 4.78 is 1.33. The third-order valence-corrected chi connectivity index (χ3v) is 11.1. The summed E-state index contributed by atoms with van der Waals surface area (Å²) in [7, 11) is 0. The van der Waals surface area contributed by atoms with Gasteiger partial charge in [0.2, 0.25) is 0 Å². The molecule has 0 aromatic heterocycles. The van der Waals surface area contributed by atoms with Gasteiger partial charge in [-0.2, -0.15) is 0 Å². The van der Waals surface area contributed by atoms with Gasteiger partial charge in [0.05, 0.1) is 0 Å². The maximum atomic E-state index is 3.00. The van der Waals surface area contributed by atoms with E-state index < -0.39 is 23.2 Å². The molecule has 2 atom stereocenters. The molecule has 0 saturated carbocycles. The molecule has 0 heterocycles. The van der Waals surface area contributed by atoms with Gasteiger partial charge in [0.25, 0.3) is 0 Å². The van der Waals surface area contributed by atoms with Gasteiger partial charge in [-0.1, -0.05) is 0 Å². The van der Waals surface area contributed by atoms with E-state index in [4.69, 9.17) is 0 Å². The zero-order chi connectivity index (χ0) is 25.2. The van der Waals surface area contributed by atoms with Gasteiger partial charge in [0, 0.05) is 0 Å². The minimum absolute atomic E-state index is 0. The molecule has 0 amide bonds. The molecule has 0 radical (unpaired) electrons. The number of rotatable bonds is 12. The van der Waals surface area contributed by atoms with Crippen molar-refractivity contribution in [3.05, 3.63) is 84.0 Å². The van der Waals surface area contributed by atoms with Crippen LogP contribution in [0.25, 0.3) is 12.2 Å². The molecule has 0 saturated heterocycles. The van der Waals surface area contributed by atoms with Crippen molar-refractivity contribution in [2.75, 3.05) is 36.0 Å². The zero-order valence-corrected chi connectivity index (χ0v) is 27.1. The Labute approximate surface area is 250 Å². The minimum Gasteiger partial charge on any atom is -1.00 e. The molecular weight excluding hydrogens is 574 g/mol. The van der Waals surface area contributed by atoms with Gasteiger partial charge in [-0.25, -0.2) is 0 Å². The number of halogens is 2. The molecule has 2 nitrogen and oxygen atoms in total. The van der Waals surface area contributed by atoms with Gasteiger partial charge in [-0.15, -0.1) is 13.2 Å². The summed E-state index contributed by atoms with van der Waals surface area (Å²) in [6.45, 7) is 19.8. The van der Waals surface area contributed by atoms with Crippen molar-refractivity contribution in [3.8, 4) is 0 Å². The predicted molar refractivity (Wildman–Crippen MR) is 153 cm³/mol. The fraction of sp³-hybridized carbons (Fsp3) is 0.438. The molecule has 0 spiro atoms.